The zero-order valence-corrected chi connectivity index (χ0v) is 12.2. The highest BCUT2D eigenvalue weighted by Crippen LogP contribution is 2.32. The van der Waals surface area contributed by atoms with E-state index in [0.29, 0.717) is 0 Å². The molecule has 0 aromatic heterocycles. The van der Waals surface area contributed by atoms with Crippen molar-refractivity contribution in [2.24, 2.45) is 0 Å². The molecule has 108 valence electrons. The number of benzene rings is 1. The summed E-state index contributed by atoms with van der Waals surface area (Å²) in [5.74, 6) is 1.70. The maximum atomic E-state index is 9.23. The lowest BCUT2D eigenvalue weighted by atomic mass is 10.0. The molecular weight excluding hydrogens is 252 g/mol. The van der Waals surface area contributed by atoms with Crippen LogP contribution in [0.25, 0.3) is 0 Å². The molecule has 0 spiro atoms. The minimum Gasteiger partial charge on any atom is -0.494 e. The van der Waals surface area contributed by atoms with Crippen molar-refractivity contribution >= 4 is 0 Å². The van der Waals surface area contributed by atoms with Crippen LogP contribution in [0.5, 0.6) is 11.5 Å². The fourth-order valence-electron chi connectivity index (χ4n) is 2.51. The number of nitrogens with one attached hydrogen (secondary N) is 1. The van der Waals surface area contributed by atoms with Crippen LogP contribution in [-0.2, 0) is 0 Å². The first kappa shape index (κ1) is 14.7. The zero-order chi connectivity index (χ0) is 14.4. The minimum absolute atomic E-state index is 0.101. The van der Waals surface area contributed by atoms with Gasteiger partial charge in [0.2, 0.25) is 0 Å². The van der Waals surface area contributed by atoms with E-state index >= 15 is 0 Å². The van der Waals surface area contributed by atoms with Crippen molar-refractivity contribution in [3.63, 3.8) is 0 Å². The van der Waals surface area contributed by atoms with E-state index in [1.807, 2.05) is 31.3 Å². The van der Waals surface area contributed by atoms with Gasteiger partial charge < -0.3 is 14.8 Å². The van der Waals surface area contributed by atoms with Gasteiger partial charge in [0.25, 0.3) is 0 Å². The van der Waals surface area contributed by atoms with E-state index in [9.17, 15) is 5.26 Å². The Kier molecular flexibility index (Phi) is 4.86. The Balaban J connectivity index is 1.90. The molecule has 1 aliphatic carbocycles. The van der Waals surface area contributed by atoms with Gasteiger partial charge in [-0.05, 0) is 50.6 Å². The molecule has 4 heteroatoms. The van der Waals surface area contributed by atoms with Gasteiger partial charge in [-0.1, -0.05) is 6.92 Å². The largest absolute Gasteiger partial charge is 0.494 e. The third-order valence-corrected chi connectivity index (χ3v) is 3.76. The average molecular weight is 274 g/mol. The Morgan fingerprint density at radius 3 is 2.60 bits per heavy atom. The number of hydrogen-bond acceptors (Lipinski definition) is 4. The van der Waals surface area contributed by atoms with Crippen LogP contribution in [0.3, 0.4) is 0 Å². The van der Waals surface area contributed by atoms with Crippen LogP contribution in [0, 0.1) is 11.3 Å². The quantitative estimate of drug-likeness (QED) is 0.866. The molecule has 0 radical (unpaired) electrons. The fourth-order valence-corrected chi connectivity index (χ4v) is 2.51. The van der Waals surface area contributed by atoms with E-state index in [1.54, 1.807) is 0 Å². The first-order chi connectivity index (χ1) is 9.71. The predicted octanol–water partition coefficient (Wildman–Crippen LogP) is 2.89. The summed E-state index contributed by atoms with van der Waals surface area (Å²) in [5, 5.41) is 12.3. The maximum Gasteiger partial charge on any atom is 0.119 e. The smallest absolute Gasteiger partial charge is 0.119 e. The summed E-state index contributed by atoms with van der Waals surface area (Å²) < 4.78 is 11.5. The second-order valence-electron chi connectivity index (χ2n) is 5.25. The van der Waals surface area contributed by atoms with Gasteiger partial charge in [-0.2, -0.15) is 5.26 Å². The third kappa shape index (κ3) is 3.43. The van der Waals surface area contributed by atoms with E-state index in [4.69, 9.17) is 9.47 Å². The van der Waals surface area contributed by atoms with Crippen LogP contribution < -0.4 is 14.8 Å². The Morgan fingerprint density at radius 2 is 2.05 bits per heavy atom. The standard InChI is InChI=1S/C16H22N2O2/c1-3-10-19-13-4-6-14(7-5-13)20-15-8-9-16(11-15,12-17)18-2/h4-7,15,18H,3,8-11H2,1-2H3. The molecule has 2 unspecified atom stereocenters. The van der Waals surface area contributed by atoms with Gasteiger partial charge >= 0.3 is 0 Å². The zero-order valence-electron chi connectivity index (χ0n) is 12.2. The average Bonchev–Trinajstić information content (AvgIpc) is 2.90. The molecule has 1 aliphatic rings. The Morgan fingerprint density at radius 1 is 1.35 bits per heavy atom. The van der Waals surface area contributed by atoms with E-state index in [-0.39, 0.29) is 6.10 Å². The van der Waals surface area contributed by atoms with Gasteiger partial charge in [0, 0.05) is 6.42 Å². The molecule has 2 rings (SSSR count). The Labute approximate surface area is 120 Å². The second kappa shape index (κ2) is 6.62. The lowest BCUT2D eigenvalue weighted by Gasteiger charge is -2.20. The van der Waals surface area contributed by atoms with Crippen LogP contribution in [0.1, 0.15) is 32.6 Å². The van der Waals surface area contributed by atoms with E-state index in [1.165, 1.54) is 0 Å². The minimum atomic E-state index is -0.422. The molecule has 0 amide bonds. The maximum absolute atomic E-state index is 9.23. The topological polar surface area (TPSA) is 54.3 Å². The number of ether oxygens (including phenoxy) is 2. The summed E-state index contributed by atoms with van der Waals surface area (Å²) in [7, 11) is 1.84. The van der Waals surface area contributed by atoms with Crippen LogP contribution >= 0.6 is 0 Å². The first-order valence-electron chi connectivity index (χ1n) is 7.21. The number of rotatable bonds is 6. The van der Waals surface area contributed by atoms with Crippen molar-refractivity contribution < 1.29 is 9.47 Å². The van der Waals surface area contributed by atoms with Gasteiger partial charge in [0.1, 0.15) is 23.1 Å². The summed E-state index contributed by atoms with van der Waals surface area (Å²) >= 11 is 0. The van der Waals surface area contributed by atoms with E-state index in [0.717, 1.165) is 43.8 Å². The molecule has 0 bridgehead atoms. The van der Waals surface area contributed by atoms with Crippen LogP contribution in [0.4, 0.5) is 0 Å². The van der Waals surface area contributed by atoms with Crippen molar-refractivity contribution in [1.82, 2.24) is 5.32 Å². The second-order valence-corrected chi connectivity index (χ2v) is 5.25. The molecule has 1 saturated carbocycles. The highest BCUT2D eigenvalue weighted by atomic mass is 16.5. The van der Waals surface area contributed by atoms with Crippen molar-refractivity contribution in [3.8, 4) is 17.6 Å². The van der Waals surface area contributed by atoms with Gasteiger partial charge in [-0.3, -0.25) is 0 Å². The van der Waals surface area contributed by atoms with E-state index < -0.39 is 5.54 Å². The fraction of sp³-hybridized carbons (Fsp3) is 0.562. The Bertz CT molecular complexity index is 466. The Hall–Kier alpha value is -1.73. The monoisotopic (exact) mass is 274 g/mol. The molecule has 2 atom stereocenters. The first-order valence-corrected chi connectivity index (χ1v) is 7.21. The number of hydrogen-bond donors (Lipinski definition) is 1. The molecule has 1 aromatic carbocycles. The SMILES string of the molecule is CCCOc1ccc(OC2CCC(C#N)(NC)C2)cc1. The highest BCUT2D eigenvalue weighted by Gasteiger charge is 2.39. The van der Waals surface area contributed by atoms with Gasteiger partial charge in [-0.25, -0.2) is 0 Å². The van der Waals surface area contributed by atoms with Crippen molar-refractivity contribution in [2.75, 3.05) is 13.7 Å². The lowest BCUT2D eigenvalue weighted by Crippen LogP contribution is -2.39. The normalized spacial score (nSPS) is 25.1. The van der Waals surface area contributed by atoms with Gasteiger partial charge in [-0.15, -0.1) is 0 Å². The van der Waals surface area contributed by atoms with Crippen LogP contribution in [0.2, 0.25) is 0 Å². The molecule has 4 nitrogen and oxygen atoms in total. The molecule has 1 aromatic rings. The lowest BCUT2D eigenvalue weighted by molar-refractivity contribution is 0.201. The van der Waals surface area contributed by atoms with Gasteiger partial charge in [0.15, 0.2) is 0 Å². The third-order valence-electron chi connectivity index (χ3n) is 3.76. The van der Waals surface area contributed by atoms with Crippen molar-refractivity contribution in [2.45, 2.75) is 44.2 Å². The summed E-state index contributed by atoms with van der Waals surface area (Å²) in [4.78, 5) is 0. The van der Waals surface area contributed by atoms with Crippen molar-refractivity contribution in [1.29, 1.82) is 5.26 Å². The van der Waals surface area contributed by atoms with Gasteiger partial charge in [0.05, 0.1) is 12.7 Å². The molecule has 0 heterocycles. The molecule has 1 fully saturated rings. The van der Waals surface area contributed by atoms with Crippen LogP contribution in [0.15, 0.2) is 24.3 Å². The number of nitriles is 1. The summed E-state index contributed by atoms with van der Waals surface area (Å²) in [5.41, 5.74) is -0.422. The summed E-state index contributed by atoms with van der Waals surface area (Å²) in [6, 6.07) is 10.1. The summed E-state index contributed by atoms with van der Waals surface area (Å²) in [6.07, 6.45) is 3.57. The predicted molar refractivity (Wildman–Crippen MR) is 77.9 cm³/mol. The van der Waals surface area contributed by atoms with Crippen LogP contribution in [-0.4, -0.2) is 25.3 Å². The molecule has 0 aliphatic heterocycles. The molecule has 20 heavy (non-hydrogen) atoms. The molecular formula is C16H22N2O2. The van der Waals surface area contributed by atoms with Crippen molar-refractivity contribution in [3.05, 3.63) is 24.3 Å². The summed E-state index contributed by atoms with van der Waals surface area (Å²) in [6.45, 7) is 2.82. The number of nitrogens with zero attached hydrogens (tertiary/aromatic N) is 1. The molecule has 1 N–H and O–H groups in total. The van der Waals surface area contributed by atoms with E-state index in [2.05, 4.69) is 18.3 Å². The molecule has 0 saturated heterocycles. The highest BCUT2D eigenvalue weighted by molar-refractivity contribution is 5.31.